The van der Waals surface area contributed by atoms with Crippen molar-refractivity contribution in [1.82, 2.24) is 19.8 Å². The minimum Gasteiger partial charge on any atom is -0.294 e. The summed E-state index contributed by atoms with van der Waals surface area (Å²) in [6, 6.07) is 0. The summed E-state index contributed by atoms with van der Waals surface area (Å²) < 4.78 is 2.35. The fraction of sp³-hybridized carbons (Fsp3) is 0.556. The van der Waals surface area contributed by atoms with Crippen LogP contribution in [0.1, 0.15) is 19.3 Å². The maximum absolute atomic E-state index is 11.5. The highest BCUT2D eigenvalue weighted by atomic mass is 16.2. The van der Waals surface area contributed by atoms with Crippen LogP contribution in [0.2, 0.25) is 0 Å². The molecule has 6 heteroatoms. The Morgan fingerprint density at radius 1 is 1.40 bits per heavy atom. The van der Waals surface area contributed by atoms with E-state index >= 15 is 0 Å². The van der Waals surface area contributed by atoms with Gasteiger partial charge in [-0.15, -0.1) is 0 Å². The molecule has 0 N–H and O–H groups in total. The first kappa shape index (κ1) is 9.82. The molecular weight excluding hydrogens is 196 g/mol. The molecule has 0 fully saturated rings. The van der Waals surface area contributed by atoms with E-state index in [1.54, 1.807) is 0 Å². The molecule has 0 bridgehead atoms. The SMILES string of the molecule is Cn1nnn(CC2=CCCCC2=O)c1=O. The summed E-state index contributed by atoms with van der Waals surface area (Å²) in [6.07, 6.45) is 4.25. The number of aryl methyl sites for hydroxylation is 1. The summed E-state index contributed by atoms with van der Waals surface area (Å²) >= 11 is 0. The van der Waals surface area contributed by atoms with Gasteiger partial charge < -0.3 is 0 Å². The van der Waals surface area contributed by atoms with Gasteiger partial charge in [0.05, 0.1) is 6.54 Å². The normalized spacial score (nSPS) is 16.6. The number of allylic oxidation sites excluding steroid dienone is 2. The van der Waals surface area contributed by atoms with Crippen LogP contribution >= 0.6 is 0 Å². The Labute approximate surface area is 86.2 Å². The molecular formula is C9H12N4O2. The number of ketones is 1. The number of rotatable bonds is 2. The van der Waals surface area contributed by atoms with Gasteiger partial charge in [-0.05, 0) is 23.3 Å². The van der Waals surface area contributed by atoms with Gasteiger partial charge in [-0.2, -0.15) is 9.36 Å². The quantitative estimate of drug-likeness (QED) is 0.666. The van der Waals surface area contributed by atoms with E-state index in [1.807, 2.05) is 6.08 Å². The zero-order chi connectivity index (χ0) is 10.8. The molecule has 80 valence electrons. The highest BCUT2D eigenvalue weighted by molar-refractivity contribution is 5.95. The first-order valence-corrected chi connectivity index (χ1v) is 4.87. The number of tetrazole rings is 1. The van der Waals surface area contributed by atoms with Crippen molar-refractivity contribution in [2.75, 3.05) is 0 Å². The van der Waals surface area contributed by atoms with Gasteiger partial charge in [-0.25, -0.2) is 4.79 Å². The van der Waals surface area contributed by atoms with E-state index in [9.17, 15) is 9.59 Å². The molecule has 1 aliphatic carbocycles. The number of hydrogen-bond donors (Lipinski definition) is 0. The number of Topliss-reactive ketones (excluding diaryl/α,β-unsaturated/α-hetero) is 1. The van der Waals surface area contributed by atoms with Crippen molar-refractivity contribution >= 4 is 5.78 Å². The molecule has 0 amide bonds. The fourth-order valence-corrected chi connectivity index (χ4v) is 1.58. The molecule has 1 aliphatic rings. The minimum atomic E-state index is -0.297. The third-order valence-corrected chi connectivity index (χ3v) is 2.46. The zero-order valence-corrected chi connectivity index (χ0v) is 8.51. The number of carbonyl (C=O) groups excluding carboxylic acids is 1. The third-order valence-electron chi connectivity index (χ3n) is 2.46. The van der Waals surface area contributed by atoms with Crippen molar-refractivity contribution in [2.24, 2.45) is 7.05 Å². The van der Waals surface area contributed by atoms with Gasteiger partial charge in [0.1, 0.15) is 0 Å². The Hall–Kier alpha value is -1.72. The van der Waals surface area contributed by atoms with E-state index in [4.69, 9.17) is 0 Å². The average molecular weight is 208 g/mol. The van der Waals surface area contributed by atoms with E-state index < -0.39 is 0 Å². The fourth-order valence-electron chi connectivity index (χ4n) is 1.58. The van der Waals surface area contributed by atoms with Crippen LogP contribution in [0.3, 0.4) is 0 Å². The lowest BCUT2D eigenvalue weighted by Crippen LogP contribution is -2.26. The van der Waals surface area contributed by atoms with Crippen LogP contribution in [-0.4, -0.2) is 25.6 Å². The van der Waals surface area contributed by atoms with E-state index in [0.29, 0.717) is 12.0 Å². The van der Waals surface area contributed by atoms with Crippen molar-refractivity contribution in [1.29, 1.82) is 0 Å². The highest BCUT2D eigenvalue weighted by Crippen LogP contribution is 2.14. The van der Waals surface area contributed by atoms with Crippen molar-refractivity contribution in [3.05, 3.63) is 22.1 Å². The van der Waals surface area contributed by atoms with Crippen molar-refractivity contribution in [3.8, 4) is 0 Å². The zero-order valence-electron chi connectivity index (χ0n) is 8.51. The molecule has 15 heavy (non-hydrogen) atoms. The molecule has 1 heterocycles. The van der Waals surface area contributed by atoms with Gasteiger partial charge in [-0.3, -0.25) is 4.79 Å². The van der Waals surface area contributed by atoms with E-state index in [2.05, 4.69) is 10.4 Å². The van der Waals surface area contributed by atoms with Gasteiger partial charge in [-0.1, -0.05) is 6.08 Å². The molecule has 0 aromatic carbocycles. The Morgan fingerprint density at radius 3 is 2.80 bits per heavy atom. The summed E-state index contributed by atoms with van der Waals surface area (Å²) in [5.74, 6) is 0.110. The van der Waals surface area contributed by atoms with Crippen LogP contribution in [0.4, 0.5) is 0 Å². The molecule has 0 aliphatic heterocycles. The number of nitrogens with zero attached hydrogens (tertiary/aromatic N) is 4. The Kier molecular flexibility index (Phi) is 2.49. The average Bonchev–Trinajstić information content (AvgIpc) is 2.53. The summed E-state index contributed by atoms with van der Waals surface area (Å²) in [5, 5.41) is 7.25. The molecule has 0 saturated carbocycles. The molecule has 6 nitrogen and oxygen atoms in total. The lowest BCUT2D eigenvalue weighted by atomic mass is 9.98. The lowest BCUT2D eigenvalue weighted by molar-refractivity contribution is -0.116. The smallest absolute Gasteiger partial charge is 0.294 e. The molecule has 0 atom stereocenters. The van der Waals surface area contributed by atoms with E-state index in [0.717, 1.165) is 17.5 Å². The standard InChI is InChI=1S/C9H12N4O2/c1-12-9(15)13(11-10-12)6-7-4-2-3-5-8(7)14/h4H,2-3,5-6H2,1H3. The second kappa shape index (κ2) is 3.80. The highest BCUT2D eigenvalue weighted by Gasteiger charge is 2.15. The Bertz CT molecular complexity index is 469. The van der Waals surface area contributed by atoms with Crippen LogP contribution in [0.5, 0.6) is 0 Å². The third kappa shape index (κ3) is 1.88. The van der Waals surface area contributed by atoms with Gasteiger partial charge >= 0.3 is 5.69 Å². The van der Waals surface area contributed by atoms with Crippen molar-refractivity contribution in [3.63, 3.8) is 0 Å². The molecule has 0 unspecified atom stereocenters. The predicted molar refractivity (Wildman–Crippen MR) is 52.2 cm³/mol. The molecule has 0 spiro atoms. The second-order valence-corrected chi connectivity index (χ2v) is 3.59. The van der Waals surface area contributed by atoms with Crippen LogP contribution in [-0.2, 0) is 18.4 Å². The van der Waals surface area contributed by atoms with Crippen LogP contribution in [0.25, 0.3) is 0 Å². The van der Waals surface area contributed by atoms with Crippen LogP contribution < -0.4 is 5.69 Å². The largest absolute Gasteiger partial charge is 0.363 e. The van der Waals surface area contributed by atoms with Gasteiger partial charge in [0.2, 0.25) is 0 Å². The first-order valence-electron chi connectivity index (χ1n) is 4.87. The van der Waals surface area contributed by atoms with Crippen LogP contribution in [0.15, 0.2) is 16.4 Å². The minimum absolute atomic E-state index is 0.110. The number of aromatic nitrogens is 4. The molecule has 0 saturated heterocycles. The van der Waals surface area contributed by atoms with Gasteiger partial charge in [0.25, 0.3) is 0 Å². The summed E-state index contributed by atoms with van der Waals surface area (Å²) in [6.45, 7) is 0.242. The van der Waals surface area contributed by atoms with Crippen LogP contribution in [0, 0.1) is 0 Å². The summed E-state index contributed by atoms with van der Waals surface area (Å²) in [5.41, 5.74) is 0.373. The van der Waals surface area contributed by atoms with Crippen molar-refractivity contribution < 1.29 is 4.79 Å². The molecule has 2 rings (SSSR count). The Balaban J connectivity index is 2.22. The molecule has 0 radical (unpaired) electrons. The maximum atomic E-state index is 11.5. The summed E-state index contributed by atoms with van der Waals surface area (Å²) in [4.78, 5) is 22.9. The van der Waals surface area contributed by atoms with Crippen molar-refractivity contribution in [2.45, 2.75) is 25.8 Å². The monoisotopic (exact) mass is 208 g/mol. The summed E-state index contributed by atoms with van der Waals surface area (Å²) in [7, 11) is 1.53. The maximum Gasteiger partial charge on any atom is 0.363 e. The van der Waals surface area contributed by atoms with E-state index in [-0.39, 0.29) is 18.0 Å². The molecule has 1 aromatic heterocycles. The number of carbonyl (C=O) groups is 1. The predicted octanol–water partition coefficient (Wildman–Crippen LogP) is -0.344. The Morgan fingerprint density at radius 2 is 2.20 bits per heavy atom. The van der Waals surface area contributed by atoms with Gasteiger partial charge in [0, 0.05) is 19.0 Å². The first-order chi connectivity index (χ1) is 7.18. The topological polar surface area (TPSA) is 69.8 Å². The van der Waals surface area contributed by atoms with E-state index in [1.165, 1.54) is 11.7 Å². The molecule has 1 aromatic rings. The second-order valence-electron chi connectivity index (χ2n) is 3.59. The number of hydrogen-bond acceptors (Lipinski definition) is 4. The van der Waals surface area contributed by atoms with Gasteiger partial charge in [0.15, 0.2) is 5.78 Å². The lowest BCUT2D eigenvalue weighted by Gasteiger charge is -2.10.